The van der Waals surface area contributed by atoms with Gasteiger partial charge in [-0.1, -0.05) is 6.92 Å². The zero-order chi connectivity index (χ0) is 14.8. The quantitative estimate of drug-likeness (QED) is 0.848. The van der Waals surface area contributed by atoms with Gasteiger partial charge in [0.25, 0.3) is 0 Å². The number of hydrogen-bond acceptors (Lipinski definition) is 6. The third kappa shape index (κ3) is 3.15. The molecule has 0 spiro atoms. The van der Waals surface area contributed by atoms with Crippen LogP contribution in [0.15, 0.2) is 15.3 Å². The third-order valence-electron chi connectivity index (χ3n) is 2.74. The van der Waals surface area contributed by atoms with Crippen molar-refractivity contribution in [1.29, 1.82) is 0 Å². The van der Waals surface area contributed by atoms with Gasteiger partial charge in [-0.3, -0.25) is 4.57 Å². The molecule has 0 radical (unpaired) electrons. The van der Waals surface area contributed by atoms with Crippen molar-refractivity contribution in [3.63, 3.8) is 0 Å². The largest absolute Gasteiger partial charge is 0.344 e. The number of aryl methyl sites for hydroxylation is 2. The topological polar surface area (TPSA) is 97.7 Å². The molecule has 2 aromatic heterocycles. The van der Waals surface area contributed by atoms with Crippen molar-refractivity contribution in [3.05, 3.63) is 26.6 Å². The molecule has 1 N–H and O–H groups in total. The van der Waals surface area contributed by atoms with Crippen molar-refractivity contribution in [3.8, 4) is 0 Å². The fraction of sp³-hybridized carbons (Fsp3) is 0.545. The summed E-state index contributed by atoms with van der Waals surface area (Å²) < 4.78 is 25.7. The van der Waals surface area contributed by atoms with Crippen LogP contribution in [0.4, 0.5) is 0 Å². The average molecular weight is 316 g/mol. The van der Waals surface area contributed by atoms with E-state index in [0.29, 0.717) is 19.4 Å². The van der Waals surface area contributed by atoms with Gasteiger partial charge in [0.15, 0.2) is 0 Å². The van der Waals surface area contributed by atoms with E-state index in [2.05, 4.69) is 15.2 Å². The number of H-pyrrole nitrogens is 1. The molecule has 9 heteroatoms. The molecule has 0 saturated carbocycles. The van der Waals surface area contributed by atoms with E-state index < -0.39 is 15.5 Å². The van der Waals surface area contributed by atoms with Crippen molar-refractivity contribution in [2.45, 2.75) is 38.4 Å². The number of aromatic amines is 1. The summed E-state index contributed by atoms with van der Waals surface area (Å²) in [7, 11) is -3.60. The highest BCUT2D eigenvalue weighted by Gasteiger charge is 2.23. The second kappa shape index (κ2) is 5.88. The molecule has 2 aromatic rings. The number of thiazole rings is 1. The van der Waals surface area contributed by atoms with Gasteiger partial charge in [0.2, 0.25) is 15.0 Å². The summed E-state index contributed by atoms with van der Waals surface area (Å²) in [6, 6.07) is 0. The van der Waals surface area contributed by atoms with Crippen LogP contribution in [0.5, 0.6) is 0 Å². The number of aromatic nitrogens is 4. The molecule has 20 heavy (non-hydrogen) atoms. The zero-order valence-corrected chi connectivity index (χ0v) is 12.9. The van der Waals surface area contributed by atoms with E-state index in [1.54, 1.807) is 0 Å². The van der Waals surface area contributed by atoms with Crippen LogP contribution >= 0.6 is 11.3 Å². The number of rotatable bonds is 6. The number of hydrogen-bond donors (Lipinski definition) is 1. The monoisotopic (exact) mass is 316 g/mol. The lowest BCUT2D eigenvalue weighted by atomic mass is 10.4. The Morgan fingerprint density at radius 2 is 2.20 bits per heavy atom. The summed E-state index contributed by atoms with van der Waals surface area (Å²) >= 11 is 1.48. The summed E-state index contributed by atoms with van der Waals surface area (Å²) in [4.78, 5) is 15.8. The summed E-state index contributed by atoms with van der Waals surface area (Å²) in [5, 5.41) is 8.40. The molecule has 2 heterocycles. The van der Waals surface area contributed by atoms with Gasteiger partial charge in [-0.15, -0.1) is 16.4 Å². The van der Waals surface area contributed by atoms with Crippen LogP contribution in [-0.4, -0.2) is 33.9 Å². The van der Waals surface area contributed by atoms with Crippen LogP contribution in [0.2, 0.25) is 0 Å². The zero-order valence-electron chi connectivity index (χ0n) is 11.3. The first-order chi connectivity index (χ1) is 9.44. The number of sulfone groups is 1. The molecular weight excluding hydrogens is 300 g/mol. The van der Waals surface area contributed by atoms with Gasteiger partial charge in [-0.05, 0) is 13.3 Å². The fourth-order valence-corrected chi connectivity index (χ4v) is 3.82. The molecule has 7 nitrogen and oxygen atoms in total. The van der Waals surface area contributed by atoms with E-state index in [0.717, 1.165) is 10.7 Å². The van der Waals surface area contributed by atoms with Gasteiger partial charge < -0.3 is 0 Å². The second-order valence-corrected chi connectivity index (χ2v) is 7.45. The second-order valence-electron chi connectivity index (χ2n) is 4.39. The minimum Gasteiger partial charge on any atom is -0.266 e. The van der Waals surface area contributed by atoms with Crippen LogP contribution in [0, 0.1) is 6.92 Å². The molecule has 0 aliphatic rings. The lowest BCUT2D eigenvalue weighted by Gasteiger charge is -2.04. The Balaban J connectivity index is 2.20. The molecule has 2 rings (SSSR count). The van der Waals surface area contributed by atoms with E-state index in [4.69, 9.17) is 0 Å². The highest BCUT2D eigenvalue weighted by molar-refractivity contribution is 7.91. The molecule has 0 aliphatic carbocycles. The molecule has 0 atom stereocenters. The molecular formula is C11H16N4O3S2. The standard InChI is InChI=1S/C11H16N4O3S2/c1-3-5-15-10(16)13-14-11(15)20(17,18)6-4-9-7-19-8(2)12-9/h7H,3-6H2,1-2H3,(H,13,16). The first-order valence-corrected chi connectivity index (χ1v) is 8.76. The van der Waals surface area contributed by atoms with Gasteiger partial charge >= 0.3 is 5.69 Å². The smallest absolute Gasteiger partial charge is 0.266 e. The van der Waals surface area contributed by atoms with E-state index >= 15 is 0 Å². The fourth-order valence-electron chi connectivity index (χ4n) is 1.81. The van der Waals surface area contributed by atoms with Crippen LogP contribution in [0.1, 0.15) is 24.0 Å². The third-order valence-corrected chi connectivity index (χ3v) is 5.17. The molecule has 110 valence electrons. The summed E-state index contributed by atoms with van der Waals surface area (Å²) in [5.41, 5.74) is 0.255. The Labute approximate surface area is 120 Å². The molecule has 0 aliphatic heterocycles. The lowest BCUT2D eigenvalue weighted by Crippen LogP contribution is -2.22. The first kappa shape index (κ1) is 14.9. The minimum atomic E-state index is -3.60. The maximum atomic E-state index is 12.3. The van der Waals surface area contributed by atoms with Gasteiger partial charge in [0, 0.05) is 18.3 Å². The number of nitrogens with one attached hydrogen (secondary N) is 1. The molecule has 0 unspecified atom stereocenters. The highest BCUT2D eigenvalue weighted by atomic mass is 32.2. The maximum Gasteiger partial charge on any atom is 0.344 e. The van der Waals surface area contributed by atoms with Crippen molar-refractivity contribution >= 4 is 21.2 Å². The van der Waals surface area contributed by atoms with Crippen LogP contribution in [-0.2, 0) is 22.8 Å². The van der Waals surface area contributed by atoms with Crippen LogP contribution in [0.3, 0.4) is 0 Å². The van der Waals surface area contributed by atoms with Crippen molar-refractivity contribution in [2.75, 3.05) is 5.75 Å². The Morgan fingerprint density at radius 3 is 2.80 bits per heavy atom. The SMILES string of the molecule is CCCn1c(S(=O)(=O)CCc2csc(C)n2)n[nH]c1=O. The van der Waals surface area contributed by atoms with E-state index in [9.17, 15) is 13.2 Å². The minimum absolute atomic E-state index is 0.107. The first-order valence-electron chi connectivity index (χ1n) is 6.23. The lowest BCUT2D eigenvalue weighted by molar-refractivity contribution is 0.550. The molecule has 0 saturated heterocycles. The summed E-state index contributed by atoms with van der Waals surface area (Å²) in [6.07, 6.45) is 0.979. The Morgan fingerprint density at radius 1 is 1.45 bits per heavy atom. The van der Waals surface area contributed by atoms with E-state index in [-0.39, 0.29) is 10.9 Å². The summed E-state index contributed by atoms with van der Waals surface area (Å²) in [6.45, 7) is 4.07. The predicted molar refractivity (Wildman–Crippen MR) is 75.7 cm³/mol. The Hall–Kier alpha value is -1.48. The van der Waals surface area contributed by atoms with E-state index in [1.165, 1.54) is 15.9 Å². The van der Waals surface area contributed by atoms with Gasteiger partial charge in [0.1, 0.15) is 0 Å². The molecule has 0 aromatic carbocycles. The van der Waals surface area contributed by atoms with Gasteiger partial charge in [-0.2, -0.15) is 0 Å². The van der Waals surface area contributed by atoms with Crippen molar-refractivity contribution in [1.82, 2.24) is 19.7 Å². The van der Waals surface area contributed by atoms with Gasteiger partial charge in [-0.25, -0.2) is 23.3 Å². The maximum absolute atomic E-state index is 12.3. The number of nitrogens with zero attached hydrogens (tertiary/aromatic N) is 3. The van der Waals surface area contributed by atoms with Gasteiger partial charge in [0.05, 0.1) is 16.5 Å². The molecule has 0 bridgehead atoms. The van der Waals surface area contributed by atoms with Crippen molar-refractivity contribution in [2.24, 2.45) is 0 Å². The summed E-state index contributed by atoms with van der Waals surface area (Å²) in [5.74, 6) is -0.107. The Kier molecular flexibility index (Phi) is 4.39. The van der Waals surface area contributed by atoms with Crippen molar-refractivity contribution < 1.29 is 8.42 Å². The highest BCUT2D eigenvalue weighted by Crippen LogP contribution is 2.12. The molecule has 0 fully saturated rings. The molecule has 0 amide bonds. The average Bonchev–Trinajstić information content (AvgIpc) is 2.96. The Bertz CT molecular complexity index is 742. The normalized spacial score (nSPS) is 11.9. The van der Waals surface area contributed by atoms with Crippen LogP contribution < -0.4 is 5.69 Å². The van der Waals surface area contributed by atoms with Crippen LogP contribution in [0.25, 0.3) is 0 Å². The predicted octanol–water partition coefficient (Wildman–Crippen LogP) is 0.763. The van der Waals surface area contributed by atoms with E-state index in [1.807, 2.05) is 19.2 Å².